The normalized spacial score (nSPS) is 10.8. The number of nitrogens with one attached hydrogen (secondary N) is 2. The number of rotatable bonds is 7. The van der Waals surface area contributed by atoms with Crippen LogP contribution in [0.15, 0.2) is 78.0 Å². The van der Waals surface area contributed by atoms with Gasteiger partial charge < -0.3 is 10.3 Å². The molecule has 0 atom stereocenters. The Morgan fingerprint density at radius 3 is 1.94 bits per heavy atom. The fraction of sp³-hybridized carbons (Fsp3) is 0.185. The molecular weight excluding hydrogens is 414 g/mol. The van der Waals surface area contributed by atoms with Gasteiger partial charge in [-0.05, 0) is 32.9 Å². The molecule has 3 aromatic carbocycles. The van der Waals surface area contributed by atoms with Crippen LogP contribution in [0.1, 0.15) is 23.1 Å². The van der Waals surface area contributed by atoms with Crippen LogP contribution in [-0.2, 0) is 4.79 Å². The fourth-order valence-electron chi connectivity index (χ4n) is 3.37. The summed E-state index contributed by atoms with van der Waals surface area (Å²) in [5.74, 6) is 0.650. The summed E-state index contributed by atoms with van der Waals surface area (Å²) in [6.07, 6.45) is 0.416. The minimum atomic E-state index is 0.00502. The molecule has 0 fully saturated rings. The molecule has 2 N–H and O–H groups in total. The molecule has 162 valence electrons. The second kappa shape index (κ2) is 9.88. The molecule has 0 aliphatic carbocycles. The number of thioether (sulfide) groups is 1. The number of benzene rings is 3. The lowest BCUT2D eigenvalue weighted by Crippen LogP contribution is -2.12. The molecule has 1 aromatic heterocycles. The van der Waals surface area contributed by atoms with Gasteiger partial charge in [0.15, 0.2) is 5.16 Å². The summed E-state index contributed by atoms with van der Waals surface area (Å²) in [6.45, 7) is 6.19. The SMILES string of the molecule is Cc1ccc(NC(=O)CCSc2nc(-c3ccc(C)cc3)c(-c3ccc(C)cc3)[nH]2)cc1. The molecule has 0 saturated carbocycles. The van der Waals surface area contributed by atoms with E-state index in [4.69, 9.17) is 4.98 Å². The van der Waals surface area contributed by atoms with E-state index in [-0.39, 0.29) is 5.91 Å². The fourth-order valence-corrected chi connectivity index (χ4v) is 4.18. The number of hydrogen-bond donors (Lipinski definition) is 2. The van der Waals surface area contributed by atoms with Crippen molar-refractivity contribution >= 4 is 23.4 Å². The predicted octanol–water partition coefficient (Wildman–Crippen LogP) is 6.79. The Kier molecular flexibility index (Phi) is 6.76. The van der Waals surface area contributed by atoms with Crippen LogP contribution in [0.25, 0.3) is 22.5 Å². The van der Waals surface area contributed by atoms with Crippen LogP contribution in [-0.4, -0.2) is 21.6 Å². The highest BCUT2D eigenvalue weighted by Gasteiger charge is 2.15. The van der Waals surface area contributed by atoms with E-state index in [1.165, 1.54) is 16.7 Å². The largest absolute Gasteiger partial charge is 0.332 e. The van der Waals surface area contributed by atoms with E-state index < -0.39 is 0 Å². The third kappa shape index (κ3) is 5.48. The monoisotopic (exact) mass is 441 g/mol. The van der Waals surface area contributed by atoms with E-state index >= 15 is 0 Å². The molecular formula is C27H27N3OS. The van der Waals surface area contributed by atoms with Gasteiger partial charge in [-0.15, -0.1) is 0 Å². The highest BCUT2D eigenvalue weighted by Crippen LogP contribution is 2.33. The first-order valence-corrected chi connectivity index (χ1v) is 11.7. The van der Waals surface area contributed by atoms with E-state index in [0.29, 0.717) is 12.2 Å². The van der Waals surface area contributed by atoms with Crippen molar-refractivity contribution in [3.63, 3.8) is 0 Å². The standard InChI is InChI=1S/C27H27N3OS/c1-18-4-10-21(11-5-18)25-26(22-12-6-19(2)7-13-22)30-27(29-25)32-17-16-24(31)28-23-14-8-20(3)9-15-23/h4-15H,16-17H2,1-3H3,(H,28,31)(H,29,30). The van der Waals surface area contributed by atoms with Crippen molar-refractivity contribution < 1.29 is 4.79 Å². The average Bonchev–Trinajstić information content (AvgIpc) is 3.20. The number of hydrogen-bond acceptors (Lipinski definition) is 3. The molecule has 0 saturated heterocycles. The predicted molar refractivity (Wildman–Crippen MR) is 134 cm³/mol. The van der Waals surface area contributed by atoms with Crippen molar-refractivity contribution in [2.45, 2.75) is 32.3 Å². The summed E-state index contributed by atoms with van der Waals surface area (Å²) < 4.78 is 0. The number of nitrogens with zero attached hydrogens (tertiary/aromatic N) is 1. The van der Waals surface area contributed by atoms with E-state index in [2.05, 4.69) is 72.7 Å². The number of amides is 1. The van der Waals surface area contributed by atoms with Crippen LogP contribution in [0.5, 0.6) is 0 Å². The molecule has 4 rings (SSSR count). The molecule has 5 heteroatoms. The maximum atomic E-state index is 12.3. The van der Waals surface area contributed by atoms with Crippen molar-refractivity contribution in [3.8, 4) is 22.5 Å². The quantitative estimate of drug-likeness (QED) is 0.310. The first-order chi connectivity index (χ1) is 15.5. The van der Waals surface area contributed by atoms with E-state index in [1.54, 1.807) is 11.8 Å². The second-order valence-electron chi connectivity index (χ2n) is 8.01. The van der Waals surface area contributed by atoms with Gasteiger partial charge in [-0.3, -0.25) is 4.79 Å². The van der Waals surface area contributed by atoms with Crippen molar-refractivity contribution in [2.24, 2.45) is 0 Å². The van der Waals surface area contributed by atoms with E-state index in [9.17, 15) is 4.79 Å². The lowest BCUT2D eigenvalue weighted by molar-refractivity contribution is -0.115. The van der Waals surface area contributed by atoms with Crippen LogP contribution >= 0.6 is 11.8 Å². The Hall–Kier alpha value is -3.31. The van der Waals surface area contributed by atoms with Crippen LogP contribution in [0.4, 0.5) is 5.69 Å². The molecule has 0 unspecified atom stereocenters. The number of aromatic nitrogens is 2. The molecule has 32 heavy (non-hydrogen) atoms. The van der Waals surface area contributed by atoms with Gasteiger partial charge in [0.05, 0.1) is 11.4 Å². The Balaban J connectivity index is 1.48. The summed E-state index contributed by atoms with van der Waals surface area (Å²) in [6, 6.07) is 24.7. The van der Waals surface area contributed by atoms with E-state index in [0.717, 1.165) is 33.4 Å². The Bertz CT molecular complexity index is 1130. The Labute approximate surface area is 193 Å². The van der Waals surface area contributed by atoms with Gasteiger partial charge in [0.1, 0.15) is 0 Å². The van der Waals surface area contributed by atoms with Gasteiger partial charge in [0, 0.05) is 29.0 Å². The minimum Gasteiger partial charge on any atom is -0.332 e. The zero-order chi connectivity index (χ0) is 22.5. The van der Waals surface area contributed by atoms with Crippen LogP contribution < -0.4 is 5.32 Å². The molecule has 0 aliphatic rings. The number of anilines is 1. The average molecular weight is 442 g/mol. The lowest BCUT2D eigenvalue weighted by Gasteiger charge is -2.05. The smallest absolute Gasteiger partial charge is 0.225 e. The third-order valence-corrected chi connectivity index (χ3v) is 6.13. The molecule has 0 radical (unpaired) electrons. The zero-order valence-corrected chi connectivity index (χ0v) is 19.4. The topological polar surface area (TPSA) is 57.8 Å². The van der Waals surface area contributed by atoms with Crippen molar-refractivity contribution in [1.29, 1.82) is 0 Å². The molecule has 0 bridgehead atoms. The third-order valence-electron chi connectivity index (χ3n) is 5.25. The van der Waals surface area contributed by atoms with Crippen molar-refractivity contribution in [1.82, 2.24) is 9.97 Å². The maximum absolute atomic E-state index is 12.3. The molecule has 1 heterocycles. The molecule has 1 amide bonds. The van der Waals surface area contributed by atoms with E-state index in [1.807, 2.05) is 31.2 Å². The molecule has 4 aromatic rings. The van der Waals surface area contributed by atoms with Gasteiger partial charge in [0.2, 0.25) is 5.91 Å². The Morgan fingerprint density at radius 1 is 0.812 bits per heavy atom. The zero-order valence-electron chi connectivity index (χ0n) is 18.6. The number of imidazole rings is 1. The van der Waals surface area contributed by atoms with Gasteiger partial charge >= 0.3 is 0 Å². The van der Waals surface area contributed by atoms with Gasteiger partial charge in [-0.25, -0.2) is 4.98 Å². The summed E-state index contributed by atoms with van der Waals surface area (Å²) in [7, 11) is 0. The molecule has 4 nitrogen and oxygen atoms in total. The minimum absolute atomic E-state index is 0.00502. The van der Waals surface area contributed by atoms with Gasteiger partial charge in [0.25, 0.3) is 0 Å². The lowest BCUT2D eigenvalue weighted by atomic mass is 10.0. The van der Waals surface area contributed by atoms with Crippen LogP contribution in [0.2, 0.25) is 0 Å². The summed E-state index contributed by atoms with van der Waals surface area (Å²) in [5, 5.41) is 3.77. The second-order valence-corrected chi connectivity index (χ2v) is 9.09. The molecule has 0 aliphatic heterocycles. The number of H-pyrrole nitrogens is 1. The number of carbonyl (C=O) groups excluding carboxylic acids is 1. The molecule has 0 spiro atoms. The number of aromatic amines is 1. The van der Waals surface area contributed by atoms with Crippen molar-refractivity contribution in [2.75, 3.05) is 11.1 Å². The number of aryl methyl sites for hydroxylation is 3. The highest BCUT2D eigenvalue weighted by molar-refractivity contribution is 7.99. The first kappa shape index (κ1) is 21.9. The summed E-state index contributed by atoms with van der Waals surface area (Å²) >= 11 is 1.56. The van der Waals surface area contributed by atoms with Crippen LogP contribution in [0, 0.1) is 20.8 Å². The first-order valence-electron chi connectivity index (χ1n) is 10.7. The number of carbonyl (C=O) groups is 1. The van der Waals surface area contributed by atoms with Crippen LogP contribution in [0.3, 0.4) is 0 Å². The Morgan fingerprint density at radius 2 is 1.34 bits per heavy atom. The van der Waals surface area contributed by atoms with Crippen molar-refractivity contribution in [3.05, 3.63) is 89.5 Å². The summed E-state index contributed by atoms with van der Waals surface area (Å²) in [4.78, 5) is 20.7. The highest BCUT2D eigenvalue weighted by atomic mass is 32.2. The maximum Gasteiger partial charge on any atom is 0.225 e. The summed E-state index contributed by atoms with van der Waals surface area (Å²) in [5.41, 5.74) is 8.54. The van der Waals surface area contributed by atoms with Gasteiger partial charge in [-0.2, -0.15) is 0 Å². The van der Waals surface area contributed by atoms with Gasteiger partial charge in [-0.1, -0.05) is 89.1 Å².